The Labute approximate surface area is 148 Å². The lowest BCUT2D eigenvalue weighted by Crippen LogP contribution is -2.55. The van der Waals surface area contributed by atoms with Gasteiger partial charge in [0.2, 0.25) is 5.28 Å². The SMILES string of the molecule is CC1CN(C(=O)OC(C)(C)C)CCN1c1nc(Cl)ncc1C(F)(F)F. The molecule has 1 saturated heterocycles. The highest BCUT2D eigenvalue weighted by Gasteiger charge is 2.39. The number of alkyl halides is 3. The molecule has 0 radical (unpaired) electrons. The molecule has 1 atom stereocenters. The number of nitrogens with zero attached hydrogens (tertiary/aromatic N) is 4. The van der Waals surface area contributed by atoms with E-state index in [2.05, 4.69) is 9.97 Å². The molecule has 0 N–H and O–H groups in total. The van der Waals surface area contributed by atoms with Gasteiger partial charge < -0.3 is 14.5 Å². The van der Waals surface area contributed by atoms with Crippen molar-refractivity contribution in [1.82, 2.24) is 14.9 Å². The number of carbonyl (C=O) groups excluding carboxylic acids is 1. The molecule has 0 saturated carbocycles. The van der Waals surface area contributed by atoms with Gasteiger partial charge in [-0.3, -0.25) is 0 Å². The van der Waals surface area contributed by atoms with Crippen LogP contribution in [-0.2, 0) is 10.9 Å². The molecule has 1 amide bonds. The summed E-state index contributed by atoms with van der Waals surface area (Å²) in [7, 11) is 0. The molecule has 0 aromatic carbocycles. The van der Waals surface area contributed by atoms with E-state index < -0.39 is 29.5 Å². The Balaban J connectivity index is 2.20. The highest BCUT2D eigenvalue weighted by Crippen LogP contribution is 2.36. The van der Waals surface area contributed by atoms with Crippen molar-refractivity contribution in [1.29, 1.82) is 0 Å². The molecular formula is C15H20ClF3N4O2. The summed E-state index contributed by atoms with van der Waals surface area (Å²) >= 11 is 5.68. The van der Waals surface area contributed by atoms with Gasteiger partial charge in [-0.2, -0.15) is 18.2 Å². The second-order valence-electron chi connectivity index (χ2n) is 6.84. The maximum absolute atomic E-state index is 13.2. The van der Waals surface area contributed by atoms with Crippen LogP contribution in [0.4, 0.5) is 23.8 Å². The standard InChI is InChI=1S/C15H20ClF3N4O2/c1-9-8-22(13(24)25-14(2,3)4)5-6-23(9)11-10(15(17,18)19)7-20-12(16)21-11/h7,9H,5-6,8H2,1-4H3. The summed E-state index contributed by atoms with van der Waals surface area (Å²) in [6, 6.07) is -0.395. The van der Waals surface area contributed by atoms with Crippen molar-refractivity contribution in [3.8, 4) is 0 Å². The molecule has 2 heterocycles. The fourth-order valence-electron chi connectivity index (χ4n) is 2.54. The van der Waals surface area contributed by atoms with E-state index in [0.29, 0.717) is 6.20 Å². The van der Waals surface area contributed by atoms with Crippen LogP contribution in [-0.4, -0.2) is 52.2 Å². The van der Waals surface area contributed by atoms with Crippen molar-refractivity contribution in [3.63, 3.8) is 0 Å². The zero-order valence-electron chi connectivity index (χ0n) is 14.4. The van der Waals surface area contributed by atoms with Crippen LogP contribution in [0.1, 0.15) is 33.3 Å². The Kier molecular flexibility index (Phi) is 5.36. The van der Waals surface area contributed by atoms with Gasteiger partial charge in [-0.1, -0.05) is 0 Å². The maximum Gasteiger partial charge on any atom is 0.421 e. The van der Waals surface area contributed by atoms with Gasteiger partial charge in [0.05, 0.1) is 0 Å². The van der Waals surface area contributed by atoms with E-state index >= 15 is 0 Å². The molecular weight excluding hydrogens is 361 g/mol. The van der Waals surface area contributed by atoms with Gasteiger partial charge in [-0.05, 0) is 39.3 Å². The van der Waals surface area contributed by atoms with Crippen LogP contribution in [0.5, 0.6) is 0 Å². The second kappa shape index (κ2) is 6.86. The Morgan fingerprint density at radius 1 is 1.32 bits per heavy atom. The summed E-state index contributed by atoms with van der Waals surface area (Å²) in [6.45, 7) is 7.59. The number of hydrogen-bond donors (Lipinski definition) is 0. The van der Waals surface area contributed by atoms with Crippen LogP contribution in [0, 0.1) is 0 Å². The fraction of sp³-hybridized carbons (Fsp3) is 0.667. The molecule has 1 aliphatic heterocycles. The minimum Gasteiger partial charge on any atom is -0.444 e. The predicted molar refractivity (Wildman–Crippen MR) is 86.7 cm³/mol. The van der Waals surface area contributed by atoms with Crippen molar-refractivity contribution < 1.29 is 22.7 Å². The van der Waals surface area contributed by atoms with Crippen molar-refractivity contribution in [2.75, 3.05) is 24.5 Å². The Hall–Kier alpha value is -1.77. The van der Waals surface area contributed by atoms with E-state index in [1.165, 1.54) is 9.80 Å². The minimum absolute atomic E-state index is 0.177. The average molecular weight is 381 g/mol. The van der Waals surface area contributed by atoms with Crippen LogP contribution < -0.4 is 4.90 Å². The Bertz CT molecular complexity index is 649. The lowest BCUT2D eigenvalue weighted by Gasteiger charge is -2.41. The molecule has 0 bridgehead atoms. The number of piperazine rings is 1. The fourth-order valence-corrected chi connectivity index (χ4v) is 2.66. The van der Waals surface area contributed by atoms with E-state index in [1.807, 2.05) is 0 Å². The lowest BCUT2D eigenvalue weighted by atomic mass is 10.1. The largest absolute Gasteiger partial charge is 0.444 e. The predicted octanol–water partition coefficient (Wildman–Crippen LogP) is 3.59. The first-order chi connectivity index (χ1) is 11.4. The van der Waals surface area contributed by atoms with Gasteiger partial charge in [-0.25, -0.2) is 9.78 Å². The summed E-state index contributed by atoms with van der Waals surface area (Å²) in [5, 5.41) is -0.259. The van der Waals surface area contributed by atoms with E-state index in [-0.39, 0.29) is 30.7 Å². The number of anilines is 1. The van der Waals surface area contributed by atoms with Crippen LogP contribution >= 0.6 is 11.6 Å². The summed E-state index contributed by atoms with van der Waals surface area (Å²) in [5.74, 6) is -0.274. The summed E-state index contributed by atoms with van der Waals surface area (Å²) in [4.78, 5) is 22.3. The molecule has 0 spiro atoms. The van der Waals surface area contributed by atoms with Gasteiger partial charge >= 0.3 is 12.3 Å². The van der Waals surface area contributed by atoms with Crippen molar-refractivity contribution in [2.45, 2.75) is 45.5 Å². The lowest BCUT2D eigenvalue weighted by molar-refractivity contribution is -0.137. The number of carbonyl (C=O) groups is 1. The van der Waals surface area contributed by atoms with E-state index in [0.717, 1.165) is 0 Å². The molecule has 1 fully saturated rings. The molecule has 1 aromatic rings. The number of ether oxygens (including phenoxy) is 1. The first-order valence-corrected chi connectivity index (χ1v) is 8.10. The number of rotatable bonds is 1. The van der Waals surface area contributed by atoms with Crippen molar-refractivity contribution in [2.24, 2.45) is 0 Å². The van der Waals surface area contributed by atoms with Crippen LogP contribution in [0.2, 0.25) is 5.28 Å². The van der Waals surface area contributed by atoms with Crippen LogP contribution in [0.15, 0.2) is 6.20 Å². The Morgan fingerprint density at radius 2 is 1.96 bits per heavy atom. The molecule has 1 aliphatic rings. The third-order valence-electron chi connectivity index (χ3n) is 3.60. The zero-order chi connectivity index (χ0) is 19.0. The third-order valence-corrected chi connectivity index (χ3v) is 3.78. The van der Waals surface area contributed by atoms with Crippen LogP contribution in [0.3, 0.4) is 0 Å². The first-order valence-electron chi connectivity index (χ1n) is 7.73. The third kappa shape index (κ3) is 4.87. The zero-order valence-corrected chi connectivity index (χ0v) is 15.1. The quantitative estimate of drug-likeness (QED) is 0.697. The molecule has 1 aromatic heterocycles. The topological polar surface area (TPSA) is 58.6 Å². The smallest absolute Gasteiger partial charge is 0.421 e. The van der Waals surface area contributed by atoms with E-state index in [1.54, 1.807) is 27.7 Å². The number of hydrogen-bond acceptors (Lipinski definition) is 5. The van der Waals surface area contributed by atoms with Gasteiger partial charge in [0.1, 0.15) is 17.0 Å². The summed E-state index contributed by atoms with van der Waals surface area (Å²) < 4.78 is 45.0. The normalized spacial score (nSPS) is 19.1. The van der Waals surface area contributed by atoms with Crippen molar-refractivity contribution in [3.05, 3.63) is 17.0 Å². The van der Waals surface area contributed by atoms with Gasteiger partial charge in [-0.15, -0.1) is 0 Å². The number of aromatic nitrogens is 2. The number of halogens is 4. The van der Waals surface area contributed by atoms with Gasteiger partial charge in [0, 0.05) is 31.9 Å². The second-order valence-corrected chi connectivity index (χ2v) is 7.18. The Morgan fingerprint density at radius 3 is 2.48 bits per heavy atom. The molecule has 10 heteroatoms. The van der Waals surface area contributed by atoms with E-state index in [4.69, 9.17) is 16.3 Å². The summed E-state index contributed by atoms with van der Waals surface area (Å²) in [6.07, 6.45) is -4.41. The monoisotopic (exact) mass is 380 g/mol. The number of amides is 1. The first kappa shape index (κ1) is 19.6. The van der Waals surface area contributed by atoms with Crippen LogP contribution in [0.25, 0.3) is 0 Å². The molecule has 1 unspecified atom stereocenters. The van der Waals surface area contributed by atoms with E-state index in [9.17, 15) is 18.0 Å². The van der Waals surface area contributed by atoms with Gasteiger partial charge in [0.25, 0.3) is 0 Å². The molecule has 0 aliphatic carbocycles. The molecule has 2 rings (SSSR count). The molecule has 6 nitrogen and oxygen atoms in total. The maximum atomic E-state index is 13.2. The van der Waals surface area contributed by atoms with Gasteiger partial charge in [0.15, 0.2) is 0 Å². The molecule has 25 heavy (non-hydrogen) atoms. The minimum atomic E-state index is -4.60. The highest BCUT2D eigenvalue weighted by molar-refractivity contribution is 6.28. The molecule has 140 valence electrons. The van der Waals surface area contributed by atoms with Crippen molar-refractivity contribution >= 4 is 23.5 Å². The summed E-state index contributed by atoms with van der Waals surface area (Å²) in [5.41, 5.74) is -1.59. The average Bonchev–Trinajstić information content (AvgIpc) is 2.43. The highest BCUT2D eigenvalue weighted by atomic mass is 35.5.